The molecule has 42 valence electrons. The number of hydrogen-bond donors (Lipinski definition) is 0. The molecule has 0 bridgehead atoms. The van der Waals surface area contributed by atoms with Gasteiger partial charge in [-0.3, -0.25) is 0 Å². The second-order valence-corrected chi connectivity index (χ2v) is 4.19. The Balaban J connectivity index is 4.17. The minimum Gasteiger partial charge on any atom is -0.223 e. The van der Waals surface area contributed by atoms with Crippen molar-refractivity contribution in [3.05, 3.63) is 12.0 Å². The SMILES string of the molecule is C=CS(=O)(=O)CBr. The largest absolute Gasteiger partial charge is 0.223 e. The molecule has 0 heterocycles. The molecule has 0 saturated heterocycles. The highest BCUT2D eigenvalue weighted by Crippen LogP contribution is 1.93. The molecular formula is C3H5BrO2S. The normalized spacial score (nSPS) is 11.0. The molecule has 7 heavy (non-hydrogen) atoms. The summed E-state index contributed by atoms with van der Waals surface area (Å²) in [6, 6.07) is 0. The topological polar surface area (TPSA) is 34.1 Å². The highest BCUT2D eigenvalue weighted by molar-refractivity contribution is 9.10. The third-order valence-corrected chi connectivity index (χ3v) is 3.13. The first-order valence-corrected chi connectivity index (χ1v) is 4.37. The smallest absolute Gasteiger partial charge is 0.180 e. The van der Waals surface area contributed by atoms with Crippen molar-refractivity contribution in [3.8, 4) is 0 Å². The van der Waals surface area contributed by atoms with Crippen LogP contribution < -0.4 is 0 Å². The highest BCUT2D eigenvalue weighted by atomic mass is 79.9. The van der Waals surface area contributed by atoms with Gasteiger partial charge in [0.15, 0.2) is 9.84 Å². The molecule has 2 nitrogen and oxygen atoms in total. The van der Waals surface area contributed by atoms with Gasteiger partial charge in [-0.2, -0.15) is 0 Å². The monoisotopic (exact) mass is 184 g/mol. The second-order valence-electron chi connectivity index (χ2n) is 0.939. The maximum atomic E-state index is 10.2. The van der Waals surface area contributed by atoms with Crippen LogP contribution >= 0.6 is 15.9 Å². The van der Waals surface area contributed by atoms with E-state index in [1.807, 2.05) is 0 Å². The summed E-state index contributed by atoms with van der Waals surface area (Å²) in [5.41, 5.74) is 0. The Bertz CT molecular complexity index is 146. The second kappa shape index (κ2) is 2.47. The lowest BCUT2D eigenvalue weighted by Gasteiger charge is -1.82. The predicted octanol–water partition coefficient (Wildman–Crippen LogP) is 0.897. The first-order valence-electron chi connectivity index (χ1n) is 1.53. The Morgan fingerprint density at radius 1 is 1.71 bits per heavy atom. The average molecular weight is 185 g/mol. The summed E-state index contributed by atoms with van der Waals surface area (Å²) in [4.78, 5) is 0. The van der Waals surface area contributed by atoms with Gasteiger partial charge >= 0.3 is 0 Å². The Kier molecular flexibility index (Phi) is 2.53. The van der Waals surface area contributed by atoms with Gasteiger partial charge in [-0.1, -0.05) is 22.5 Å². The molecular weight excluding hydrogens is 180 g/mol. The van der Waals surface area contributed by atoms with E-state index in [9.17, 15) is 8.42 Å². The molecule has 0 aliphatic rings. The standard InChI is InChI=1S/C3H5BrO2S/c1-2-7(5,6)3-4/h2H,1,3H2. The Morgan fingerprint density at radius 2 is 2.14 bits per heavy atom. The molecule has 0 atom stereocenters. The van der Waals surface area contributed by atoms with E-state index in [0.29, 0.717) is 0 Å². The van der Waals surface area contributed by atoms with E-state index in [-0.39, 0.29) is 4.66 Å². The quantitative estimate of drug-likeness (QED) is 0.599. The lowest BCUT2D eigenvalue weighted by Crippen LogP contribution is -1.92. The molecule has 0 aliphatic carbocycles. The van der Waals surface area contributed by atoms with Gasteiger partial charge in [0.1, 0.15) is 4.66 Å². The van der Waals surface area contributed by atoms with Crippen molar-refractivity contribution in [2.45, 2.75) is 0 Å². The molecule has 0 rings (SSSR count). The molecule has 0 N–H and O–H groups in total. The van der Waals surface area contributed by atoms with E-state index in [1.54, 1.807) is 0 Å². The van der Waals surface area contributed by atoms with Gasteiger partial charge in [-0.05, 0) is 0 Å². The van der Waals surface area contributed by atoms with Gasteiger partial charge in [0, 0.05) is 5.41 Å². The number of hydrogen-bond acceptors (Lipinski definition) is 2. The van der Waals surface area contributed by atoms with Crippen LogP contribution in [-0.2, 0) is 9.84 Å². The molecule has 0 radical (unpaired) electrons. The number of alkyl halides is 1. The van der Waals surface area contributed by atoms with Crippen molar-refractivity contribution >= 4 is 25.8 Å². The van der Waals surface area contributed by atoms with Crippen LogP contribution in [0.1, 0.15) is 0 Å². The lowest BCUT2D eigenvalue weighted by molar-refractivity contribution is 0.609. The van der Waals surface area contributed by atoms with Crippen LogP contribution in [0.4, 0.5) is 0 Å². The summed E-state index contributed by atoms with van der Waals surface area (Å²) in [5, 5.41) is 0.918. The predicted molar refractivity (Wildman–Crippen MR) is 32.9 cm³/mol. The molecule has 0 spiro atoms. The first kappa shape index (κ1) is 7.17. The fourth-order valence-electron chi connectivity index (χ4n) is 0.0445. The van der Waals surface area contributed by atoms with Gasteiger partial charge in [0.05, 0.1) is 0 Å². The minimum atomic E-state index is -2.98. The molecule has 0 aromatic carbocycles. The average Bonchev–Trinajstić information content (AvgIpc) is 1.68. The zero-order valence-corrected chi connectivity index (χ0v) is 6.00. The molecule has 0 aromatic heterocycles. The number of sulfone groups is 1. The molecule has 0 aliphatic heterocycles. The van der Waals surface area contributed by atoms with Crippen molar-refractivity contribution in [2.24, 2.45) is 0 Å². The first-order chi connectivity index (χ1) is 3.12. The molecule has 0 aromatic rings. The van der Waals surface area contributed by atoms with Gasteiger partial charge in [-0.25, -0.2) is 8.42 Å². The highest BCUT2D eigenvalue weighted by Gasteiger charge is 1.96. The number of rotatable bonds is 2. The zero-order chi connectivity index (χ0) is 5.91. The van der Waals surface area contributed by atoms with Crippen molar-refractivity contribution in [2.75, 3.05) is 4.66 Å². The molecule has 0 unspecified atom stereocenters. The summed E-state index contributed by atoms with van der Waals surface area (Å²) in [6.45, 7) is 3.09. The maximum absolute atomic E-state index is 10.2. The van der Waals surface area contributed by atoms with Gasteiger partial charge in [-0.15, -0.1) is 0 Å². The van der Waals surface area contributed by atoms with E-state index >= 15 is 0 Å². The third-order valence-electron chi connectivity index (χ3n) is 0.406. The van der Waals surface area contributed by atoms with Crippen LogP contribution in [0.2, 0.25) is 0 Å². The summed E-state index contributed by atoms with van der Waals surface area (Å²) >= 11 is 2.77. The summed E-state index contributed by atoms with van der Waals surface area (Å²) < 4.78 is 20.4. The molecule has 0 saturated carbocycles. The Morgan fingerprint density at radius 3 is 2.14 bits per heavy atom. The van der Waals surface area contributed by atoms with Crippen LogP contribution in [0.15, 0.2) is 12.0 Å². The molecule has 0 amide bonds. The van der Waals surface area contributed by atoms with Crippen LogP contribution in [0.3, 0.4) is 0 Å². The van der Waals surface area contributed by atoms with Crippen LogP contribution in [0, 0.1) is 0 Å². The van der Waals surface area contributed by atoms with Gasteiger partial charge in [0.25, 0.3) is 0 Å². The third kappa shape index (κ3) is 2.82. The van der Waals surface area contributed by atoms with E-state index in [1.165, 1.54) is 0 Å². The van der Waals surface area contributed by atoms with E-state index < -0.39 is 9.84 Å². The van der Waals surface area contributed by atoms with Gasteiger partial charge in [0.2, 0.25) is 0 Å². The van der Waals surface area contributed by atoms with Crippen LogP contribution in [0.25, 0.3) is 0 Å². The molecule has 4 heteroatoms. The van der Waals surface area contributed by atoms with Crippen molar-refractivity contribution < 1.29 is 8.42 Å². The minimum absolute atomic E-state index is 0.0382. The lowest BCUT2D eigenvalue weighted by atomic mass is 11.3. The zero-order valence-electron chi connectivity index (χ0n) is 3.59. The van der Waals surface area contributed by atoms with Crippen molar-refractivity contribution in [3.63, 3.8) is 0 Å². The Labute approximate surface area is 51.3 Å². The summed E-state index contributed by atoms with van der Waals surface area (Å²) in [6.07, 6.45) is 0. The fraction of sp³-hybridized carbons (Fsp3) is 0.333. The fourth-order valence-corrected chi connectivity index (χ4v) is 0.694. The Hall–Kier alpha value is 0.170. The van der Waals surface area contributed by atoms with Crippen LogP contribution in [0.5, 0.6) is 0 Å². The van der Waals surface area contributed by atoms with Gasteiger partial charge < -0.3 is 0 Å². The summed E-state index contributed by atoms with van der Waals surface area (Å²) in [5.74, 6) is 0. The van der Waals surface area contributed by atoms with Crippen molar-refractivity contribution in [1.82, 2.24) is 0 Å². The number of halogens is 1. The summed E-state index contributed by atoms with van der Waals surface area (Å²) in [7, 11) is -2.98. The maximum Gasteiger partial charge on any atom is 0.180 e. The van der Waals surface area contributed by atoms with E-state index in [4.69, 9.17) is 0 Å². The van der Waals surface area contributed by atoms with E-state index in [0.717, 1.165) is 5.41 Å². The van der Waals surface area contributed by atoms with E-state index in [2.05, 4.69) is 22.5 Å². The molecule has 0 fully saturated rings. The van der Waals surface area contributed by atoms with Crippen LogP contribution in [-0.4, -0.2) is 13.1 Å². The van der Waals surface area contributed by atoms with Crippen molar-refractivity contribution in [1.29, 1.82) is 0 Å².